The van der Waals surface area contributed by atoms with Crippen LogP contribution in [0.25, 0.3) is 0 Å². The fraction of sp³-hybridized carbons (Fsp3) is 0.125. The van der Waals surface area contributed by atoms with Gasteiger partial charge in [0.05, 0.1) is 23.4 Å². The molecule has 0 heterocycles. The predicted molar refractivity (Wildman–Crippen MR) is 50.6 cm³/mol. The number of hydrogen-bond acceptors (Lipinski definition) is 3. The van der Waals surface area contributed by atoms with Crippen LogP contribution in [-0.2, 0) is 4.84 Å². The number of rotatable bonds is 3. The van der Waals surface area contributed by atoms with E-state index in [1.54, 1.807) is 12.1 Å². The highest BCUT2D eigenvalue weighted by molar-refractivity contribution is 6.33. The number of nitrogens with one attached hydrogen (secondary N) is 1. The van der Waals surface area contributed by atoms with E-state index in [1.807, 2.05) is 0 Å². The Labute approximate surface area is 80.6 Å². The molecule has 3 N–H and O–H groups in total. The van der Waals surface area contributed by atoms with E-state index >= 15 is 0 Å². The Hall–Kier alpha value is -1.26. The first-order valence-corrected chi connectivity index (χ1v) is 3.91. The summed E-state index contributed by atoms with van der Waals surface area (Å²) < 4.78 is 0. The average molecular weight is 201 g/mol. The third-order valence-electron chi connectivity index (χ3n) is 1.45. The number of amides is 1. The molecule has 0 aliphatic rings. The highest BCUT2D eigenvalue weighted by Crippen LogP contribution is 2.19. The molecule has 0 saturated heterocycles. The van der Waals surface area contributed by atoms with Crippen LogP contribution < -0.4 is 11.2 Å². The van der Waals surface area contributed by atoms with Crippen LogP contribution in [0.1, 0.15) is 10.4 Å². The molecular weight excluding hydrogens is 192 g/mol. The minimum Gasteiger partial charge on any atom is -0.366 e. The number of halogens is 1. The zero-order chi connectivity index (χ0) is 9.84. The van der Waals surface area contributed by atoms with Crippen molar-refractivity contribution >= 4 is 23.2 Å². The minimum atomic E-state index is -0.565. The molecule has 0 unspecified atom stereocenters. The van der Waals surface area contributed by atoms with E-state index in [9.17, 15) is 4.79 Å². The van der Waals surface area contributed by atoms with Crippen LogP contribution in [0.3, 0.4) is 0 Å². The lowest BCUT2D eigenvalue weighted by Gasteiger charge is -2.05. The number of carbonyl (C=O) groups excluding carboxylic acids is 1. The van der Waals surface area contributed by atoms with Gasteiger partial charge >= 0.3 is 0 Å². The molecule has 5 heteroatoms. The van der Waals surface area contributed by atoms with Crippen molar-refractivity contribution in [3.63, 3.8) is 0 Å². The lowest BCUT2D eigenvalue weighted by molar-refractivity contribution is 0.100. The largest absolute Gasteiger partial charge is 0.366 e. The third-order valence-corrected chi connectivity index (χ3v) is 1.78. The molecule has 4 nitrogen and oxygen atoms in total. The maximum atomic E-state index is 10.8. The lowest BCUT2D eigenvalue weighted by Crippen LogP contribution is -2.12. The first kappa shape index (κ1) is 9.83. The van der Waals surface area contributed by atoms with Crippen LogP contribution in [0.5, 0.6) is 0 Å². The summed E-state index contributed by atoms with van der Waals surface area (Å²) >= 11 is 5.72. The standard InChI is InChI=1S/C8H9ClN2O2/c1-13-11-5-2-3-7(9)6(4-5)8(10)12/h2-4,11H,1H3,(H2,10,12). The molecule has 0 fully saturated rings. The topological polar surface area (TPSA) is 64.3 Å². The van der Waals surface area contributed by atoms with Crippen molar-refractivity contribution in [2.45, 2.75) is 0 Å². The van der Waals surface area contributed by atoms with E-state index in [1.165, 1.54) is 13.2 Å². The molecule has 0 aliphatic heterocycles. The zero-order valence-corrected chi connectivity index (χ0v) is 7.76. The monoisotopic (exact) mass is 200 g/mol. The molecule has 1 amide bonds. The SMILES string of the molecule is CONc1ccc(Cl)c(C(N)=O)c1. The molecule has 0 saturated carbocycles. The van der Waals surface area contributed by atoms with E-state index in [0.717, 1.165) is 0 Å². The van der Waals surface area contributed by atoms with Crippen molar-refractivity contribution in [3.05, 3.63) is 28.8 Å². The van der Waals surface area contributed by atoms with E-state index in [-0.39, 0.29) is 5.56 Å². The quantitative estimate of drug-likeness (QED) is 0.726. The van der Waals surface area contributed by atoms with E-state index in [0.29, 0.717) is 10.7 Å². The van der Waals surface area contributed by atoms with E-state index < -0.39 is 5.91 Å². The van der Waals surface area contributed by atoms with Crippen molar-refractivity contribution in [3.8, 4) is 0 Å². The summed E-state index contributed by atoms with van der Waals surface area (Å²) in [7, 11) is 1.47. The molecule has 0 bridgehead atoms. The first-order valence-electron chi connectivity index (χ1n) is 3.53. The van der Waals surface area contributed by atoms with Crippen LogP contribution in [0.4, 0.5) is 5.69 Å². The second kappa shape index (κ2) is 4.11. The average Bonchev–Trinajstić information content (AvgIpc) is 2.08. The van der Waals surface area contributed by atoms with E-state index in [4.69, 9.17) is 17.3 Å². The number of benzene rings is 1. The summed E-state index contributed by atoms with van der Waals surface area (Å²) in [5.41, 5.74) is 8.54. The van der Waals surface area contributed by atoms with Crippen LogP contribution in [0.2, 0.25) is 5.02 Å². The first-order chi connectivity index (χ1) is 6.15. The van der Waals surface area contributed by atoms with Gasteiger partial charge in [0.15, 0.2) is 0 Å². The Morgan fingerprint density at radius 2 is 2.31 bits per heavy atom. The van der Waals surface area contributed by atoms with Gasteiger partial charge in [-0.25, -0.2) is 0 Å². The Morgan fingerprint density at radius 3 is 2.85 bits per heavy atom. The second-order valence-corrected chi connectivity index (χ2v) is 2.77. The fourth-order valence-corrected chi connectivity index (χ4v) is 1.11. The number of hydrogen-bond donors (Lipinski definition) is 2. The van der Waals surface area contributed by atoms with Crippen LogP contribution in [0.15, 0.2) is 18.2 Å². The number of carbonyl (C=O) groups is 1. The molecule has 1 rings (SSSR count). The molecule has 70 valence electrons. The Kier molecular flexibility index (Phi) is 3.11. The van der Waals surface area contributed by atoms with Crippen molar-refractivity contribution in [2.24, 2.45) is 5.73 Å². The van der Waals surface area contributed by atoms with Crippen LogP contribution in [0, 0.1) is 0 Å². The number of nitrogens with two attached hydrogens (primary N) is 1. The summed E-state index contributed by atoms with van der Waals surface area (Å²) in [5, 5.41) is 0.328. The zero-order valence-electron chi connectivity index (χ0n) is 7.00. The number of anilines is 1. The van der Waals surface area contributed by atoms with Crippen molar-refractivity contribution in [2.75, 3.05) is 12.6 Å². The highest BCUT2D eigenvalue weighted by Gasteiger charge is 2.06. The van der Waals surface area contributed by atoms with Crippen molar-refractivity contribution in [1.29, 1.82) is 0 Å². The van der Waals surface area contributed by atoms with Gasteiger partial charge in [-0.3, -0.25) is 15.1 Å². The molecule has 0 atom stereocenters. The summed E-state index contributed by atoms with van der Waals surface area (Å²) in [4.78, 5) is 15.5. The summed E-state index contributed by atoms with van der Waals surface area (Å²) in [6.45, 7) is 0. The van der Waals surface area contributed by atoms with Gasteiger partial charge in [0.1, 0.15) is 0 Å². The fourth-order valence-electron chi connectivity index (χ4n) is 0.895. The van der Waals surface area contributed by atoms with Gasteiger partial charge in [0.25, 0.3) is 0 Å². The van der Waals surface area contributed by atoms with Gasteiger partial charge in [-0.15, -0.1) is 0 Å². The van der Waals surface area contributed by atoms with Gasteiger partial charge in [-0.1, -0.05) is 11.6 Å². The van der Waals surface area contributed by atoms with Crippen LogP contribution >= 0.6 is 11.6 Å². The third kappa shape index (κ3) is 2.34. The molecule has 1 aromatic carbocycles. The maximum Gasteiger partial charge on any atom is 0.250 e. The molecule has 1 aromatic rings. The molecule has 0 spiro atoms. The molecule has 0 aliphatic carbocycles. The molecule has 0 aromatic heterocycles. The number of primary amides is 1. The molecular formula is C8H9ClN2O2. The Morgan fingerprint density at radius 1 is 1.62 bits per heavy atom. The Balaban J connectivity index is 3.04. The molecule has 13 heavy (non-hydrogen) atoms. The molecule has 0 radical (unpaired) electrons. The van der Waals surface area contributed by atoms with Gasteiger partial charge in [0, 0.05) is 0 Å². The van der Waals surface area contributed by atoms with Gasteiger partial charge < -0.3 is 5.73 Å². The second-order valence-electron chi connectivity index (χ2n) is 2.37. The van der Waals surface area contributed by atoms with Crippen molar-refractivity contribution in [1.82, 2.24) is 0 Å². The summed E-state index contributed by atoms with van der Waals surface area (Å²) in [5.74, 6) is -0.565. The maximum absolute atomic E-state index is 10.8. The van der Waals surface area contributed by atoms with Gasteiger partial charge in [-0.2, -0.15) is 0 Å². The predicted octanol–water partition coefficient (Wildman–Crippen LogP) is 1.41. The van der Waals surface area contributed by atoms with Crippen LogP contribution in [-0.4, -0.2) is 13.0 Å². The van der Waals surface area contributed by atoms with Crippen molar-refractivity contribution < 1.29 is 9.63 Å². The van der Waals surface area contributed by atoms with E-state index in [2.05, 4.69) is 10.3 Å². The summed E-state index contributed by atoms with van der Waals surface area (Å²) in [6.07, 6.45) is 0. The smallest absolute Gasteiger partial charge is 0.250 e. The highest BCUT2D eigenvalue weighted by atomic mass is 35.5. The Bertz CT molecular complexity index is 328. The van der Waals surface area contributed by atoms with Gasteiger partial charge in [-0.05, 0) is 18.2 Å². The normalized spacial score (nSPS) is 9.69. The lowest BCUT2D eigenvalue weighted by atomic mass is 10.2. The summed E-state index contributed by atoms with van der Waals surface area (Å²) in [6, 6.07) is 4.77. The van der Waals surface area contributed by atoms with Gasteiger partial charge in [0.2, 0.25) is 5.91 Å². The minimum absolute atomic E-state index is 0.267.